The molecule has 122 valence electrons. The molecular weight excluding hydrogens is 292 g/mol. The zero-order valence-electron chi connectivity index (χ0n) is 13.5. The number of nitrogens with zero attached hydrogens (tertiary/aromatic N) is 1. The standard InChI is InChI=1S/C14H26N2O4S/c1-14(2,3)11-16(4)21(17,18)13-7-6-12(20-13)10-15-8-9-19-5/h6-7,15H,8-11H2,1-5H3. The smallest absolute Gasteiger partial charge is 0.276 e. The zero-order chi connectivity index (χ0) is 16.1. The SMILES string of the molecule is COCCNCc1ccc(S(=O)(=O)N(C)CC(C)(C)C)o1. The summed E-state index contributed by atoms with van der Waals surface area (Å²) in [7, 11) is -0.374. The van der Waals surface area contributed by atoms with Gasteiger partial charge in [-0.05, 0) is 17.5 Å². The maximum absolute atomic E-state index is 12.4. The van der Waals surface area contributed by atoms with Crippen LogP contribution >= 0.6 is 0 Å². The molecule has 0 aliphatic carbocycles. The lowest BCUT2D eigenvalue weighted by Gasteiger charge is -2.25. The summed E-state index contributed by atoms with van der Waals surface area (Å²) in [5.41, 5.74) is -0.112. The number of sulfonamides is 1. The molecule has 0 amide bonds. The van der Waals surface area contributed by atoms with Gasteiger partial charge in [0.2, 0.25) is 5.09 Å². The van der Waals surface area contributed by atoms with E-state index in [-0.39, 0.29) is 10.5 Å². The van der Waals surface area contributed by atoms with E-state index in [1.54, 1.807) is 20.2 Å². The fourth-order valence-electron chi connectivity index (χ4n) is 1.88. The summed E-state index contributed by atoms with van der Waals surface area (Å²) in [6, 6.07) is 3.18. The maximum atomic E-state index is 12.4. The van der Waals surface area contributed by atoms with Gasteiger partial charge in [-0.25, -0.2) is 8.42 Å². The number of hydrogen-bond acceptors (Lipinski definition) is 5. The van der Waals surface area contributed by atoms with E-state index in [0.29, 0.717) is 32.0 Å². The summed E-state index contributed by atoms with van der Waals surface area (Å²) >= 11 is 0. The van der Waals surface area contributed by atoms with Gasteiger partial charge in [0.1, 0.15) is 5.76 Å². The highest BCUT2D eigenvalue weighted by Crippen LogP contribution is 2.22. The van der Waals surface area contributed by atoms with E-state index in [9.17, 15) is 8.42 Å². The molecule has 1 rings (SSSR count). The number of methoxy groups -OCH3 is 1. The van der Waals surface area contributed by atoms with Crippen LogP contribution in [0.1, 0.15) is 26.5 Å². The first-order valence-corrected chi connectivity index (χ1v) is 8.35. The molecule has 0 fully saturated rings. The average Bonchev–Trinajstić information content (AvgIpc) is 2.82. The fourth-order valence-corrected chi connectivity index (χ4v) is 3.20. The van der Waals surface area contributed by atoms with Gasteiger partial charge in [0.25, 0.3) is 10.0 Å². The topological polar surface area (TPSA) is 71.8 Å². The van der Waals surface area contributed by atoms with E-state index in [0.717, 1.165) is 0 Å². The van der Waals surface area contributed by atoms with Crippen LogP contribution in [-0.2, 0) is 21.3 Å². The Morgan fingerprint density at radius 2 is 2.00 bits per heavy atom. The van der Waals surface area contributed by atoms with E-state index >= 15 is 0 Å². The minimum atomic E-state index is -3.57. The van der Waals surface area contributed by atoms with Gasteiger partial charge < -0.3 is 14.5 Å². The first-order valence-electron chi connectivity index (χ1n) is 6.91. The second-order valence-corrected chi connectivity index (χ2v) is 8.19. The Hall–Kier alpha value is -0.890. The lowest BCUT2D eigenvalue weighted by molar-refractivity contribution is 0.198. The average molecular weight is 318 g/mol. The van der Waals surface area contributed by atoms with Gasteiger partial charge in [-0.3, -0.25) is 0 Å². The Labute approximate surface area is 127 Å². The number of nitrogens with one attached hydrogen (secondary N) is 1. The Morgan fingerprint density at radius 1 is 1.33 bits per heavy atom. The normalized spacial score (nSPS) is 13.0. The van der Waals surface area contributed by atoms with Crippen LogP contribution in [0.2, 0.25) is 0 Å². The predicted octanol–water partition coefficient (Wildman–Crippen LogP) is 1.68. The third-order valence-electron chi connectivity index (χ3n) is 2.78. The van der Waals surface area contributed by atoms with Crippen molar-refractivity contribution in [3.05, 3.63) is 17.9 Å². The maximum Gasteiger partial charge on any atom is 0.276 e. The summed E-state index contributed by atoms with van der Waals surface area (Å²) in [6.45, 7) is 8.16. The molecule has 6 nitrogen and oxygen atoms in total. The second kappa shape index (κ2) is 7.40. The van der Waals surface area contributed by atoms with Crippen molar-refractivity contribution in [2.24, 2.45) is 5.41 Å². The molecule has 0 radical (unpaired) electrons. The van der Waals surface area contributed by atoms with Crippen molar-refractivity contribution in [2.45, 2.75) is 32.4 Å². The predicted molar refractivity (Wildman–Crippen MR) is 81.6 cm³/mol. The molecule has 7 heteroatoms. The highest BCUT2D eigenvalue weighted by molar-refractivity contribution is 7.89. The van der Waals surface area contributed by atoms with Gasteiger partial charge in [0, 0.05) is 27.2 Å². The Morgan fingerprint density at radius 3 is 2.57 bits per heavy atom. The second-order valence-electron chi connectivity index (χ2n) is 6.21. The highest BCUT2D eigenvalue weighted by Gasteiger charge is 2.27. The lowest BCUT2D eigenvalue weighted by Crippen LogP contribution is -2.34. The van der Waals surface area contributed by atoms with E-state index < -0.39 is 10.0 Å². The van der Waals surface area contributed by atoms with Crippen molar-refractivity contribution >= 4 is 10.0 Å². The van der Waals surface area contributed by atoms with Crippen LogP contribution < -0.4 is 5.32 Å². The van der Waals surface area contributed by atoms with Crippen LogP contribution in [0.15, 0.2) is 21.6 Å². The number of hydrogen-bond donors (Lipinski definition) is 1. The van der Waals surface area contributed by atoms with Crippen LogP contribution in [0.4, 0.5) is 0 Å². The van der Waals surface area contributed by atoms with Gasteiger partial charge in [-0.1, -0.05) is 20.8 Å². The number of ether oxygens (including phenoxy) is 1. The molecule has 0 aliphatic rings. The van der Waals surface area contributed by atoms with Gasteiger partial charge in [-0.15, -0.1) is 0 Å². The molecule has 0 unspecified atom stereocenters. The van der Waals surface area contributed by atoms with Crippen molar-refractivity contribution in [3.63, 3.8) is 0 Å². The molecule has 0 atom stereocenters. The van der Waals surface area contributed by atoms with Crippen molar-refractivity contribution in [1.29, 1.82) is 0 Å². The van der Waals surface area contributed by atoms with E-state index in [1.165, 1.54) is 10.4 Å². The molecule has 1 N–H and O–H groups in total. The van der Waals surface area contributed by atoms with Crippen molar-refractivity contribution in [2.75, 3.05) is 33.9 Å². The van der Waals surface area contributed by atoms with Gasteiger partial charge in [-0.2, -0.15) is 4.31 Å². The highest BCUT2D eigenvalue weighted by atomic mass is 32.2. The minimum Gasteiger partial charge on any atom is -0.447 e. The molecule has 0 spiro atoms. The summed E-state index contributed by atoms with van der Waals surface area (Å²) in [5, 5.41) is 3.09. The largest absolute Gasteiger partial charge is 0.447 e. The molecule has 0 aliphatic heterocycles. The van der Waals surface area contributed by atoms with Gasteiger partial charge in [0.05, 0.1) is 13.2 Å². The fraction of sp³-hybridized carbons (Fsp3) is 0.714. The quantitative estimate of drug-likeness (QED) is 0.738. The Balaban J connectivity index is 2.70. The Bertz CT molecular complexity index is 531. The molecule has 0 bridgehead atoms. The van der Waals surface area contributed by atoms with Gasteiger partial charge in [0.15, 0.2) is 0 Å². The molecular formula is C14H26N2O4S. The first-order chi connectivity index (χ1) is 9.66. The Kier molecular flexibility index (Phi) is 6.40. The monoisotopic (exact) mass is 318 g/mol. The van der Waals surface area contributed by atoms with Crippen LogP contribution in [0.5, 0.6) is 0 Å². The summed E-state index contributed by atoms with van der Waals surface area (Å²) in [4.78, 5) is 0. The minimum absolute atomic E-state index is 0.0159. The van der Waals surface area contributed by atoms with Crippen LogP contribution in [0.25, 0.3) is 0 Å². The zero-order valence-corrected chi connectivity index (χ0v) is 14.3. The molecule has 1 heterocycles. The third-order valence-corrected chi connectivity index (χ3v) is 4.46. The van der Waals surface area contributed by atoms with E-state index in [1.807, 2.05) is 20.8 Å². The summed E-state index contributed by atoms with van der Waals surface area (Å²) < 4.78 is 36.5. The van der Waals surface area contributed by atoms with Crippen LogP contribution in [-0.4, -0.2) is 46.6 Å². The summed E-state index contributed by atoms with van der Waals surface area (Å²) in [6.07, 6.45) is 0. The van der Waals surface area contributed by atoms with Gasteiger partial charge >= 0.3 is 0 Å². The number of rotatable bonds is 8. The molecule has 1 aromatic rings. The molecule has 0 saturated carbocycles. The van der Waals surface area contributed by atoms with E-state index in [2.05, 4.69) is 5.32 Å². The van der Waals surface area contributed by atoms with Crippen LogP contribution in [0.3, 0.4) is 0 Å². The third kappa shape index (κ3) is 5.78. The van der Waals surface area contributed by atoms with Crippen LogP contribution in [0, 0.1) is 5.41 Å². The first kappa shape index (κ1) is 18.2. The van der Waals surface area contributed by atoms with Crippen molar-refractivity contribution < 1.29 is 17.6 Å². The van der Waals surface area contributed by atoms with Crippen molar-refractivity contribution in [1.82, 2.24) is 9.62 Å². The number of furan rings is 1. The van der Waals surface area contributed by atoms with Crippen molar-refractivity contribution in [3.8, 4) is 0 Å². The van der Waals surface area contributed by atoms with E-state index in [4.69, 9.17) is 9.15 Å². The molecule has 0 aromatic carbocycles. The molecule has 1 aromatic heterocycles. The molecule has 0 saturated heterocycles. The lowest BCUT2D eigenvalue weighted by atomic mass is 9.97. The summed E-state index contributed by atoms with van der Waals surface area (Å²) in [5.74, 6) is 0.592. The molecule has 21 heavy (non-hydrogen) atoms.